The topological polar surface area (TPSA) is 102 Å². The second-order valence-corrected chi connectivity index (χ2v) is 3.67. The van der Waals surface area contributed by atoms with Crippen molar-refractivity contribution in [1.82, 2.24) is 25.4 Å². The molecule has 0 saturated heterocycles. The fourth-order valence-corrected chi connectivity index (χ4v) is 1.54. The standard InChI is InChI=1S/C10H13N5O3/c1-18-6-7(5-16)11-10(17)8-3-2-4-9-12-13-14-15(8)9/h2-4,7,16H,5-6H2,1H3,(H,11,17)/t7-/m1/s1. The SMILES string of the molecule is COC[C@@H](CO)NC(=O)c1cccc2nnnn12. The van der Waals surface area contributed by atoms with Crippen molar-refractivity contribution in [2.45, 2.75) is 6.04 Å². The van der Waals surface area contributed by atoms with Gasteiger partial charge in [0.2, 0.25) is 0 Å². The number of aliphatic hydroxyl groups is 1. The Morgan fingerprint density at radius 2 is 2.44 bits per heavy atom. The van der Waals surface area contributed by atoms with Crippen LogP contribution < -0.4 is 5.32 Å². The van der Waals surface area contributed by atoms with Crippen LogP contribution in [0.1, 0.15) is 10.5 Å². The maximum Gasteiger partial charge on any atom is 0.270 e. The quantitative estimate of drug-likeness (QED) is 0.696. The number of hydrogen-bond donors (Lipinski definition) is 2. The number of ether oxygens (including phenoxy) is 1. The predicted octanol–water partition coefficient (Wildman–Crippen LogP) is -1.14. The van der Waals surface area contributed by atoms with Crippen molar-refractivity contribution >= 4 is 11.6 Å². The second kappa shape index (κ2) is 5.52. The lowest BCUT2D eigenvalue weighted by Gasteiger charge is -2.15. The van der Waals surface area contributed by atoms with Crippen molar-refractivity contribution in [2.24, 2.45) is 0 Å². The molecular formula is C10H13N5O3. The van der Waals surface area contributed by atoms with Gasteiger partial charge in [0.15, 0.2) is 5.65 Å². The van der Waals surface area contributed by atoms with E-state index in [9.17, 15) is 4.79 Å². The number of nitrogens with one attached hydrogen (secondary N) is 1. The molecule has 18 heavy (non-hydrogen) atoms. The Labute approximate surface area is 103 Å². The summed E-state index contributed by atoms with van der Waals surface area (Å²) in [5, 5.41) is 22.7. The first-order chi connectivity index (χ1) is 8.76. The molecule has 2 aromatic heterocycles. The molecule has 2 aromatic rings. The van der Waals surface area contributed by atoms with E-state index in [1.807, 2.05) is 0 Å². The molecule has 0 aliphatic carbocycles. The Balaban J connectivity index is 2.20. The van der Waals surface area contributed by atoms with E-state index in [2.05, 4.69) is 20.8 Å². The van der Waals surface area contributed by atoms with Gasteiger partial charge < -0.3 is 15.2 Å². The summed E-state index contributed by atoms with van der Waals surface area (Å²) in [6, 6.07) is 4.51. The molecule has 8 heteroatoms. The van der Waals surface area contributed by atoms with Gasteiger partial charge >= 0.3 is 0 Å². The number of rotatable bonds is 5. The average Bonchev–Trinajstić information content (AvgIpc) is 2.85. The van der Waals surface area contributed by atoms with Crippen LogP contribution in [0.15, 0.2) is 18.2 Å². The van der Waals surface area contributed by atoms with Crippen LogP contribution in [0, 0.1) is 0 Å². The minimum Gasteiger partial charge on any atom is -0.394 e. The van der Waals surface area contributed by atoms with Gasteiger partial charge in [-0.25, -0.2) is 0 Å². The summed E-state index contributed by atoms with van der Waals surface area (Å²) in [5.41, 5.74) is 0.780. The van der Waals surface area contributed by atoms with Crippen molar-refractivity contribution in [3.63, 3.8) is 0 Å². The lowest BCUT2D eigenvalue weighted by molar-refractivity contribution is 0.0832. The number of hydrogen-bond acceptors (Lipinski definition) is 6. The van der Waals surface area contributed by atoms with Gasteiger partial charge in [0.05, 0.1) is 19.3 Å². The van der Waals surface area contributed by atoms with Crippen LogP contribution >= 0.6 is 0 Å². The number of nitrogens with zero attached hydrogens (tertiary/aromatic N) is 4. The van der Waals surface area contributed by atoms with Gasteiger partial charge in [-0.1, -0.05) is 6.07 Å². The molecule has 0 spiro atoms. The van der Waals surface area contributed by atoms with Gasteiger partial charge in [-0.05, 0) is 22.6 Å². The van der Waals surface area contributed by atoms with E-state index >= 15 is 0 Å². The average molecular weight is 251 g/mol. The third-order valence-corrected chi connectivity index (χ3v) is 2.38. The Morgan fingerprint density at radius 1 is 1.61 bits per heavy atom. The highest BCUT2D eigenvalue weighted by molar-refractivity contribution is 5.93. The van der Waals surface area contributed by atoms with Crippen LogP contribution in [0.3, 0.4) is 0 Å². The minimum atomic E-state index is -0.464. The van der Waals surface area contributed by atoms with Crippen molar-refractivity contribution in [2.75, 3.05) is 20.3 Å². The third-order valence-electron chi connectivity index (χ3n) is 2.38. The lowest BCUT2D eigenvalue weighted by atomic mass is 10.3. The molecule has 0 unspecified atom stereocenters. The Morgan fingerprint density at radius 3 is 3.17 bits per heavy atom. The molecule has 2 N–H and O–H groups in total. The Bertz CT molecular complexity index is 541. The highest BCUT2D eigenvalue weighted by atomic mass is 16.5. The maximum atomic E-state index is 12.0. The summed E-state index contributed by atoms with van der Waals surface area (Å²) in [6.07, 6.45) is 0. The first kappa shape index (κ1) is 12.4. The normalized spacial score (nSPS) is 12.6. The summed E-state index contributed by atoms with van der Waals surface area (Å²) >= 11 is 0. The van der Waals surface area contributed by atoms with Crippen LogP contribution in [0.4, 0.5) is 0 Å². The monoisotopic (exact) mass is 251 g/mol. The minimum absolute atomic E-state index is 0.203. The molecular weight excluding hydrogens is 238 g/mol. The van der Waals surface area contributed by atoms with E-state index in [4.69, 9.17) is 9.84 Å². The summed E-state index contributed by atoms with van der Waals surface area (Å²) in [5.74, 6) is -0.371. The molecule has 96 valence electrons. The summed E-state index contributed by atoms with van der Waals surface area (Å²) in [4.78, 5) is 12.0. The molecule has 0 fully saturated rings. The van der Waals surface area contributed by atoms with Crippen molar-refractivity contribution in [1.29, 1.82) is 0 Å². The highest BCUT2D eigenvalue weighted by Gasteiger charge is 2.16. The summed E-state index contributed by atoms with van der Waals surface area (Å²) in [7, 11) is 1.50. The zero-order valence-electron chi connectivity index (χ0n) is 9.78. The smallest absolute Gasteiger partial charge is 0.270 e. The van der Waals surface area contributed by atoms with E-state index in [0.717, 1.165) is 0 Å². The largest absolute Gasteiger partial charge is 0.394 e. The van der Waals surface area contributed by atoms with Crippen molar-refractivity contribution < 1.29 is 14.6 Å². The van der Waals surface area contributed by atoms with Gasteiger partial charge in [-0.15, -0.1) is 5.10 Å². The molecule has 0 radical (unpaired) electrons. The first-order valence-corrected chi connectivity index (χ1v) is 5.34. The fraction of sp³-hybridized carbons (Fsp3) is 0.400. The number of carbonyl (C=O) groups is 1. The van der Waals surface area contributed by atoms with E-state index in [-0.39, 0.29) is 19.1 Å². The molecule has 1 amide bonds. The summed E-state index contributed by atoms with van der Waals surface area (Å²) in [6.45, 7) is 0.0268. The first-order valence-electron chi connectivity index (χ1n) is 5.34. The number of carbonyl (C=O) groups excluding carboxylic acids is 1. The van der Waals surface area contributed by atoms with Crippen LogP contribution in [0.2, 0.25) is 0 Å². The maximum absolute atomic E-state index is 12.0. The van der Waals surface area contributed by atoms with Gasteiger partial charge in [0, 0.05) is 7.11 Å². The van der Waals surface area contributed by atoms with Crippen molar-refractivity contribution in [3.8, 4) is 0 Å². The number of methoxy groups -OCH3 is 1. The number of fused-ring (bicyclic) bond motifs is 1. The van der Waals surface area contributed by atoms with Gasteiger partial charge in [-0.2, -0.15) is 4.52 Å². The Hall–Kier alpha value is -2.06. The van der Waals surface area contributed by atoms with Gasteiger partial charge in [-0.3, -0.25) is 4.79 Å². The molecule has 8 nitrogen and oxygen atoms in total. The number of aromatic nitrogens is 4. The predicted molar refractivity (Wildman–Crippen MR) is 61.0 cm³/mol. The zero-order chi connectivity index (χ0) is 13.0. The Kier molecular flexibility index (Phi) is 3.80. The van der Waals surface area contributed by atoms with Crippen LogP contribution in [0.5, 0.6) is 0 Å². The van der Waals surface area contributed by atoms with E-state index < -0.39 is 6.04 Å². The second-order valence-electron chi connectivity index (χ2n) is 3.67. The van der Waals surface area contributed by atoms with Gasteiger partial charge in [0.25, 0.3) is 5.91 Å². The van der Waals surface area contributed by atoms with E-state index in [1.165, 1.54) is 11.6 Å². The molecule has 0 aliphatic rings. The molecule has 2 heterocycles. The van der Waals surface area contributed by atoms with Crippen LogP contribution in [0.25, 0.3) is 5.65 Å². The number of aliphatic hydroxyl groups excluding tert-OH is 1. The van der Waals surface area contributed by atoms with Crippen molar-refractivity contribution in [3.05, 3.63) is 23.9 Å². The van der Waals surface area contributed by atoms with E-state index in [0.29, 0.717) is 11.3 Å². The van der Waals surface area contributed by atoms with Gasteiger partial charge in [0.1, 0.15) is 5.69 Å². The summed E-state index contributed by atoms with van der Waals surface area (Å²) < 4.78 is 6.21. The number of pyridine rings is 1. The molecule has 0 saturated carbocycles. The molecule has 1 atom stereocenters. The molecule has 2 rings (SSSR count). The third kappa shape index (κ3) is 2.44. The highest BCUT2D eigenvalue weighted by Crippen LogP contribution is 2.03. The number of tetrazole rings is 1. The molecule has 0 aliphatic heterocycles. The van der Waals surface area contributed by atoms with E-state index in [1.54, 1.807) is 18.2 Å². The number of amides is 1. The fourth-order valence-electron chi connectivity index (χ4n) is 1.54. The lowest BCUT2D eigenvalue weighted by Crippen LogP contribution is -2.41. The van der Waals surface area contributed by atoms with Crippen LogP contribution in [-0.2, 0) is 4.74 Å². The van der Waals surface area contributed by atoms with Crippen LogP contribution in [-0.4, -0.2) is 57.4 Å². The molecule has 0 bridgehead atoms. The zero-order valence-corrected chi connectivity index (χ0v) is 9.78. The molecule has 0 aromatic carbocycles.